The summed E-state index contributed by atoms with van der Waals surface area (Å²) >= 11 is 0. The molecule has 1 rings (SSSR count). The minimum absolute atomic E-state index is 0.0173. The second kappa shape index (κ2) is 6.66. The van der Waals surface area contributed by atoms with Gasteiger partial charge in [0, 0.05) is 13.1 Å². The standard InChI is InChI=1S/C11H18N4O/c1-3-13-9-5-10(7-12-6-9)15-8-11(16)14-4-2/h5-7,13,15H,3-4,8H2,1-2H3,(H,14,16). The van der Waals surface area contributed by atoms with E-state index in [-0.39, 0.29) is 12.5 Å². The van der Waals surface area contributed by atoms with Crippen molar-refractivity contribution in [1.29, 1.82) is 0 Å². The molecule has 0 atom stereocenters. The molecule has 5 heteroatoms. The molecular weight excluding hydrogens is 204 g/mol. The Morgan fingerprint density at radius 2 is 1.88 bits per heavy atom. The summed E-state index contributed by atoms with van der Waals surface area (Å²) in [5.41, 5.74) is 1.79. The van der Waals surface area contributed by atoms with E-state index in [0.717, 1.165) is 17.9 Å². The second-order valence-corrected chi connectivity index (χ2v) is 3.30. The fraction of sp³-hybridized carbons (Fsp3) is 0.455. The highest BCUT2D eigenvalue weighted by atomic mass is 16.1. The maximum Gasteiger partial charge on any atom is 0.239 e. The molecule has 16 heavy (non-hydrogen) atoms. The van der Waals surface area contributed by atoms with Gasteiger partial charge >= 0.3 is 0 Å². The summed E-state index contributed by atoms with van der Waals surface area (Å²) in [7, 11) is 0. The van der Waals surface area contributed by atoms with Crippen molar-refractivity contribution >= 4 is 17.3 Å². The van der Waals surface area contributed by atoms with Gasteiger partial charge in [0.2, 0.25) is 5.91 Å². The van der Waals surface area contributed by atoms with Crippen molar-refractivity contribution in [2.45, 2.75) is 13.8 Å². The molecule has 0 aliphatic heterocycles. The lowest BCUT2D eigenvalue weighted by Crippen LogP contribution is -2.29. The van der Waals surface area contributed by atoms with Crippen LogP contribution in [0.4, 0.5) is 11.4 Å². The van der Waals surface area contributed by atoms with E-state index in [9.17, 15) is 4.79 Å². The SMILES string of the molecule is CCNC(=O)CNc1cncc(NCC)c1. The van der Waals surface area contributed by atoms with Gasteiger partial charge in [-0.25, -0.2) is 0 Å². The zero-order valence-corrected chi connectivity index (χ0v) is 9.71. The van der Waals surface area contributed by atoms with Gasteiger partial charge in [0.05, 0.1) is 30.3 Å². The Morgan fingerprint density at radius 3 is 2.50 bits per heavy atom. The van der Waals surface area contributed by atoms with E-state index in [1.807, 2.05) is 19.9 Å². The van der Waals surface area contributed by atoms with Gasteiger partial charge in [-0.1, -0.05) is 0 Å². The van der Waals surface area contributed by atoms with Gasteiger partial charge in [-0.05, 0) is 19.9 Å². The van der Waals surface area contributed by atoms with Crippen LogP contribution in [0.1, 0.15) is 13.8 Å². The van der Waals surface area contributed by atoms with E-state index in [2.05, 4.69) is 20.9 Å². The molecule has 0 spiro atoms. The maximum absolute atomic E-state index is 11.2. The number of aromatic nitrogens is 1. The van der Waals surface area contributed by atoms with Crippen LogP contribution in [0.5, 0.6) is 0 Å². The van der Waals surface area contributed by atoms with E-state index in [0.29, 0.717) is 6.54 Å². The number of hydrogen-bond donors (Lipinski definition) is 3. The Balaban J connectivity index is 2.47. The van der Waals surface area contributed by atoms with Gasteiger partial charge in [-0.3, -0.25) is 9.78 Å². The number of pyridine rings is 1. The first-order valence-electron chi connectivity index (χ1n) is 5.45. The number of nitrogens with one attached hydrogen (secondary N) is 3. The fourth-order valence-electron chi connectivity index (χ4n) is 1.28. The van der Waals surface area contributed by atoms with Crippen LogP contribution >= 0.6 is 0 Å². The van der Waals surface area contributed by atoms with E-state index in [1.165, 1.54) is 0 Å². The third-order valence-corrected chi connectivity index (χ3v) is 1.95. The lowest BCUT2D eigenvalue weighted by molar-refractivity contribution is -0.119. The molecule has 0 aliphatic carbocycles. The first-order valence-corrected chi connectivity index (χ1v) is 5.45. The number of carbonyl (C=O) groups excluding carboxylic acids is 1. The number of likely N-dealkylation sites (N-methyl/N-ethyl adjacent to an activating group) is 1. The summed E-state index contributed by atoms with van der Waals surface area (Å²) < 4.78 is 0. The summed E-state index contributed by atoms with van der Waals surface area (Å²) in [4.78, 5) is 15.3. The maximum atomic E-state index is 11.2. The van der Waals surface area contributed by atoms with Gasteiger partial charge in [-0.2, -0.15) is 0 Å². The van der Waals surface area contributed by atoms with Gasteiger partial charge in [0.1, 0.15) is 0 Å². The van der Waals surface area contributed by atoms with Crippen molar-refractivity contribution in [2.75, 3.05) is 30.3 Å². The molecular formula is C11H18N4O. The normalized spacial score (nSPS) is 9.62. The Morgan fingerprint density at radius 1 is 1.19 bits per heavy atom. The van der Waals surface area contributed by atoms with Crippen LogP contribution < -0.4 is 16.0 Å². The molecule has 1 aromatic rings. The summed E-state index contributed by atoms with van der Waals surface area (Å²) in [5, 5.41) is 8.89. The molecule has 1 heterocycles. The van der Waals surface area contributed by atoms with Crippen LogP contribution in [0.2, 0.25) is 0 Å². The lowest BCUT2D eigenvalue weighted by Gasteiger charge is -2.08. The molecule has 1 aromatic heterocycles. The van der Waals surface area contributed by atoms with E-state index in [1.54, 1.807) is 12.4 Å². The molecule has 88 valence electrons. The number of nitrogens with zero attached hydrogens (tertiary/aromatic N) is 1. The van der Waals surface area contributed by atoms with Crippen LogP contribution in [-0.2, 0) is 4.79 Å². The summed E-state index contributed by atoms with van der Waals surface area (Å²) in [5.74, 6) is -0.0173. The topological polar surface area (TPSA) is 66.0 Å². The Kier molecular flexibility index (Phi) is 5.11. The summed E-state index contributed by atoms with van der Waals surface area (Å²) in [6, 6.07) is 1.93. The molecule has 0 aromatic carbocycles. The first-order chi connectivity index (χ1) is 7.76. The molecule has 3 N–H and O–H groups in total. The van der Waals surface area contributed by atoms with Crippen LogP contribution in [-0.4, -0.2) is 30.5 Å². The van der Waals surface area contributed by atoms with Crippen molar-refractivity contribution in [3.8, 4) is 0 Å². The number of anilines is 2. The smallest absolute Gasteiger partial charge is 0.239 e. The van der Waals surface area contributed by atoms with Crippen molar-refractivity contribution in [3.63, 3.8) is 0 Å². The monoisotopic (exact) mass is 222 g/mol. The number of amides is 1. The van der Waals surface area contributed by atoms with Gasteiger partial charge < -0.3 is 16.0 Å². The summed E-state index contributed by atoms with van der Waals surface area (Å²) in [6.07, 6.45) is 3.45. The highest BCUT2D eigenvalue weighted by Gasteiger charge is 2.00. The number of carbonyl (C=O) groups is 1. The third kappa shape index (κ3) is 4.16. The predicted molar refractivity (Wildman–Crippen MR) is 65.6 cm³/mol. The van der Waals surface area contributed by atoms with Crippen LogP contribution in [0.15, 0.2) is 18.5 Å². The minimum atomic E-state index is -0.0173. The average molecular weight is 222 g/mol. The van der Waals surface area contributed by atoms with Crippen molar-refractivity contribution in [3.05, 3.63) is 18.5 Å². The van der Waals surface area contributed by atoms with Gasteiger partial charge in [0.25, 0.3) is 0 Å². The Hall–Kier alpha value is -1.78. The predicted octanol–water partition coefficient (Wildman–Crippen LogP) is 1.06. The average Bonchev–Trinajstić information content (AvgIpc) is 2.28. The van der Waals surface area contributed by atoms with Crippen molar-refractivity contribution in [2.24, 2.45) is 0 Å². The van der Waals surface area contributed by atoms with Crippen LogP contribution in [0, 0.1) is 0 Å². The summed E-state index contributed by atoms with van der Waals surface area (Å²) in [6.45, 7) is 5.68. The highest BCUT2D eigenvalue weighted by Crippen LogP contribution is 2.11. The fourth-order valence-corrected chi connectivity index (χ4v) is 1.28. The molecule has 1 amide bonds. The second-order valence-electron chi connectivity index (χ2n) is 3.30. The van der Waals surface area contributed by atoms with Gasteiger partial charge in [-0.15, -0.1) is 0 Å². The van der Waals surface area contributed by atoms with E-state index >= 15 is 0 Å². The molecule has 5 nitrogen and oxygen atoms in total. The lowest BCUT2D eigenvalue weighted by atomic mass is 10.3. The Bertz CT molecular complexity index is 341. The molecule has 0 unspecified atom stereocenters. The van der Waals surface area contributed by atoms with E-state index < -0.39 is 0 Å². The number of rotatable bonds is 6. The van der Waals surface area contributed by atoms with E-state index in [4.69, 9.17) is 0 Å². The molecule has 0 radical (unpaired) electrons. The molecule has 0 saturated carbocycles. The van der Waals surface area contributed by atoms with Crippen molar-refractivity contribution < 1.29 is 4.79 Å². The van der Waals surface area contributed by atoms with Crippen molar-refractivity contribution in [1.82, 2.24) is 10.3 Å². The molecule has 0 bridgehead atoms. The van der Waals surface area contributed by atoms with Gasteiger partial charge in [0.15, 0.2) is 0 Å². The quantitative estimate of drug-likeness (QED) is 0.673. The molecule has 0 saturated heterocycles. The van der Waals surface area contributed by atoms with Crippen LogP contribution in [0.25, 0.3) is 0 Å². The zero-order chi connectivity index (χ0) is 11.8. The largest absolute Gasteiger partial charge is 0.384 e. The minimum Gasteiger partial charge on any atom is -0.384 e. The zero-order valence-electron chi connectivity index (χ0n) is 9.71. The van der Waals surface area contributed by atoms with Crippen LogP contribution in [0.3, 0.4) is 0 Å². The Labute approximate surface area is 95.7 Å². The first kappa shape index (κ1) is 12.3. The highest BCUT2D eigenvalue weighted by molar-refractivity contribution is 5.80. The molecule has 0 fully saturated rings. The molecule has 0 aliphatic rings. The number of hydrogen-bond acceptors (Lipinski definition) is 4. The third-order valence-electron chi connectivity index (χ3n) is 1.95.